The first-order chi connectivity index (χ1) is 3.92. The molecule has 1 radical (unpaired) electrons. The van der Waals surface area contributed by atoms with Crippen LogP contribution in [-0.2, 0) is 0 Å². The fourth-order valence-corrected chi connectivity index (χ4v) is 1.23. The van der Waals surface area contributed by atoms with Crippen molar-refractivity contribution in [2.24, 2.45) is 0 Å². The van der Waals surface area contributed by atoms with E-state index in [9.17, 15) is 13.2 Å². The molecule has 0 nitrogen and oxygen atoms in total. The molecule has 0 aromatic carbocycles. The summed E-state index contributed by atoms with van der Waals surface area (Å²) >= 11 is 5.39. The number of alkyl halides is 3. The van der Waals surface area contributed by atoms with Crippen molar-refractivity contribution in [3.05, 3.63) is 0 Å². The van der Waals surface area contributed by atoms with Crippen molar-refractivity contribution in [2.75, 3.05) is 0 Å². The van der Waals surface area contributed by atoms with E-state index in [2.05, 4.69) is 0 Å². The second-order valence-corrected chi connectivity index (χ2v) is 5.58. The van der Waals surface area contributed by atoms with E-state index in [0.717, 1.165) is 0 Å². The van der Waals surface area contributed by atoms with Crippen molar-refractivity contribution in [3.8, 4) is 0 Å². The van der Waals surface area contributed by atoms with Gasteiger partial charge in [-0.1, -0.05) is 6.55 Å². The topological polar surface area (TPSA) is 0 Å². The van der Waals surface area contributed by atoms with Gasteiger partial charge in [0.2, 0.25) is 0 Å². The summed E-state index contributed by atoms with van der Waals surface area (Å²) in [7, 11) is -1.22. The van der Waals surface area contributed by atoms with Crippen LogP contribution in [0.1, 0.15) is 6.42 Å². The summed E-state index contributed by atoms with van der Waals surface area (Å²) in [6, 6.07) is 0.107. The van der Waals surface area contributed by atoms with Crippen LogP contribution in [0.25, 0.3) is 0 Å². The van der Waals surface area contributed by atoms with Gasteiger partial charge in [-0.25, -0.2) is 0 Å². The molecular weight excluding hydrogens is 169 g/mol. The molecule has 0 rings (SSSR count). The molecule has 0 saturated heterocycles. The molecule has 0 spiro atoms. The van der Waals surface area contributed by atoms with E-state index in [-0.39, 0.29) is 6.04 Å². The lowest BCUT2D eigenvalue weighted by Crippen LogP contribution is -2.10. The summed E-state index contributed by atoms with van der Waals surface area (Å²) in [6.07, 6.45) is -4.76. The molecule has 0 unspecified atom stereocenters. The Bertz CT molecular complexity index is 80.4. The van der Waals surface area contributed by atoms with Gasteiger partial charge in [-0.15, -0.1) is 0 Å². The molecule has 0 heterocycles. The number of hydrogen-bond donors (Lipinski definition) is 0. The van der Waals surface area contributed by atoms with Crippen molar-refractivity contribution < 1.29 is 13.2 Å². The largest absolute Gasteiger partial charge is 0.388 e. The van der Waals surface area contributed by atoms with E-state index in [0.29, 0.717) is 0 Å². The lowest BCUT2D eigenvalue weighted by atomic mass is 10.5. The Morgan fingerprint density at radius 2 is 1.89 bits per heavy atom. The van der Waals surface area contributed by atoms with Crippen LogP contribution < -0.4 is 0 Å². The summed E-state index contributed by atoms with van der Waals surface area (Å²) in [5.74, 6) is 0. The third-order valence-corrected chi connectivity index (χ3v) is 2.26. The highest BCUT2D eigenvalue weighted by Gasteiger charge is 2.27. The van der Waals surface area contributed by atoms with Crippen LogP contribution in [0, 0.1) is 0 Å². The van der Waals surface area contributed by atoms with Gasteiger partial charge in [0.1, 0.15) is 0 Å². The maximum absolute atomic E-state index is 11.4. The zero-order valence-corrected chi connectivity index (χ0v) is 6.68. The first-order valence-corrected chi connectivity index (χ1v) is 5.68. The zero-order chi connectivity index (χ0) is 7.49. The van der Waals surface area contributed by atoms with Crippen molar-refractivity contribution in [2.45, 2.75) is 25.2 Å². The lowest BCUT2D eigenvalue weighted by molar-refractivity contribution is -0.130. The average Bonchev–Trinajstić information content (AvgIpc) is 1.59. The van der Waals surface area contributed by atoms with Crippen molar-refractivity contribution in [3.63, 3.8) is 0 Å². The third kappa shape index (κ3) is 8.30. The van der Waals surface area contributed by atoms with E-state index in [1.807, 2.05) is 0 Å². The molecule has 0 aliphatic carbocycles. The van der Waals surface area contributed by atoms with Gasteiger partial charge in [-0.2, -0.15) is 24.3 Å². The molecule has 5 heteroatoms. The molecule has 0 aromatic heterocycles. The normalized spacial score (nSPS) is 12.7. The number of rotatable bonds is 2. The van der Waals surface area contributed by atoms with Gasteiger partial charge >= 0.3 is 6.18 Å². The third-order valence-electron chi connectivity index (χ3n) is 0.753. The molecule has 0 N–H and O–H groups in total. The van der Waals surface area contributed by atoms with Crippen LogP contribution >= 0.6 is 11.1 Å². The van der Waals surface area contributed by atoms with Crippen molar-refractivity contribution >= 4 is 19.2 Å². The fourth-order valence-electron chi connectivity index (χ4n) is 0.314. The van der Waals surface area contributed by atoms with Crippen LogP contribution in [0.3, 0.4) is 0 Å². The van der Waals surface area contributed by atoms with Crippen LogP contribution in [0.4, 0.5) is 13.2 Å². The van der Waals surface area contributed by atoms with E-state index in [1.165, 1.54) is 0 Å². The summed E-state index contributed by atoms with van der Waals surface area (Å²) in [5.41, 5.74) is 0. The minimum Gasteiger partial charge on any atom is -0.171 e. The maximum atomic E-state index is 11.4. The Morgan fingerprint density at radius 1 is 1.44 bits per heavy atom. The number of halogens is 4. The summed E-state index contributed by atoms with van der Waals surface area (Å²) < 4.78 is 34.1. The van der Waals surface area contributed by atoms with Crippen LogP contribution in [0.15, 0.2) is 0 Å². The minimum absolute atomic E-state index is 0.107. The second kappa shape index (κ2) is 3.46. The Kier molecular flexibility index (Phi) is 3.58. The van der Waals surface area contributed by atoms with E-state index in [4.69, 9.17) is 11.1 Å². The van der Waals surface area contributed by atoms with E-state index >= 15 is 0 Å². The van der Waals surface area contributed by atoms with Crippen molar-refractivity contribution in [1.29, 1.82) is 0 Å². The van der Waals surface area contributed by atoms with E-state index in [1.54, 1.807) is 6.55 Å². The Hall–Kier alpha value is 0.297. The Labute approximate surface area is 58.3 Å². The van der Waals surface area contributed by atoms with Gasteiger partial charge in [0.15, 0.2) is 8.11 Å². The first-order valence-electron chi connectivity index (χ1n) is 2.46. The van der Waals surface area contributed by atoms with E-state index < -0.39 is 20.7 Å². The highest BCUT2D eigenvalue weighted by Crippen LogP contribution is 2.23. The summed E-state index contributed by atoms with van der Waals surface area (Å²) in [6.45, 7) is 1.65. The highest BCUT2D eigenvalue weighted by molar-refractivity contribution is 7.06. The highest BCUT2D eigenvalue weighted by atomic mass is 35.6. The molecule has 0 saturated carbocycles. The molecule has 0 amide bonds. The molecule has 0 aromatic rings. The lowest BCUT2D eigenvalue weighted by Gasteiger charge is -2.04. The molecule has 0 atom stereocenters. The monoisotopic (exact) mass is 175 g/mol. The molecule has 0 fully saturated rings. The molecule has 0 aliphatic rings. The molecular formula is C4H7ClF3Si. The SMILES string of the molecule is C[Si](Cl)CCC(F)(F)F. The van der Waals surface area contributed by atoms with Crippen LogP contribution in [-0.4, -0.2) is 14.3 Å². The number of hydrogen-bond acceptors (Lipinski definition) is 0. The van der Waals surface area contributed by atoms with Crippen molar-refractivity contribution in [1.82, 2.24) is 0 Å². The standard InChI is InChI=1S/C4H7ClF3Si/c1-9(5)3-2-4(6,7)8/h2-3H2,1H3. The van der Waals surface area contributed by atoms with Gasteiger partial charge in [-0.05, 0) is 6.04 Å². The molecule has 0 aliphatic heterocycles. The van der Waals surface area contributed by atoms with Crippen LogP contribution in [0.5, 0.6) is 0 Å². The first kappa shape index (κ1) is 9.30. The minimum atomic E-state index is -4.03. The fraction of sp³-hybridized carbons (Fsp3) is 1.00. The van der Waals surface area contributed by atoms with Gasteiger partial charge in [0, 0.05) is 6.42 Å². The molecule has 9 heavy (non-hydrogen) atoms. The molecule has 0 bridgehead atoms. The Balaban J connectivity index is 3.28. The van der Waals surface area contributed by atoms with Gasteiger partial charge in [-0.3, -0.25) is 0 Å². The zero-order valence-electron chi connectivity index (χ0n) is 4.93. The summed E-state index contributed by atoms with van der Waals surface area (Å²) in [4.78, 5) is 0. The summed E-state index contributed by atoms with van der Waals surface area (Å²) in [5, 5.41) is 0. The quantitative estimate of drug-likeness (QED) is 0.447. The molecule has 55 valence electrons. The van der Waals surface area contributed by atoms with Crippen LogP contribution in [0.2, 0.25) is 12.6 Å². The second-order valence-electron chi connectivity index (χ2n) is 1.79. The maximum Gasteiger partial charge on any atom is 0.388 e. The van der Waals surface area contributed by atoms with Gasteiger partial charge in [0.25, 0.3) is 0 Å². The van der Waals surface area contributed by atoms with Gasteiger partial charge < -0.3 is 0 Å². The van der Waals surface area contributed by atoms with Gasteiger partial charge in [0.05, 0.1) is 0 Å². The average molecular weight is 176 g/mol. The predicted molar refractivity (Wildman–Crippen MR) is 32.9 cm³/mol. The smallest absolute Gasteiger partial charge is 0.171 e. The Morgan fingerprint density at radius 3 is 2.00 bits per heavy atom. The predicted octanol–water partition coefficient (Wildman–Crippen LogP) is 2.80.